The Morgan fingerprint density at radius 3 is 2.06 bits per heavy atom. The Morgan fingerprint density at radius 1 is 1.00 bits per heavy atom. The molecule has 0 spiro atoms. The highest BCUT2D eigenvalue weighted by Crippen LogP contribution is 2.19. The maximum absolute atomic E-state index is 11.2. The van der Waals surface area contributed by atoms with Gasteiger partial charge in [0.05, 0.1) is 0 Å². The summed E-state index contributed by atoms with van der Waals surface area (Å²) < 4.78 is 0. The second-order valence-electron chi connectivity index (χ2n) is 3.28. The number of carbonyl (C=O) groups excluding carboxylic acids is 1. The molecule has 0 radical (unpaired) electrons. The van der Waals surface area contributed by atoms with E-state index < -0.39 is 0 Å². The Labute approximate surface area is 99.1 Å². The number of aryl methyl sites for hydroxylation is 2. The monoisotopic (exact) mass is 221 g/mol. The van der Waals surface area contributed by atoms with Crippen LogP contribution in [-0.2, 0) is 6.54 Å². The van der Waals surface area contributed by atoms with Gasteiger partial charge in [-0.05, 0) is 36.6 Å². The van der Waals surface area contributed by atoms with Crippen LogP contribution >= 0.6 is 0 Å². The van der Waals surface area contributed by atoms with Gasteiger partial charge >= 0.3 is 0 Å². The van der Waals surface area contributed by atoms with Crippen LogP contribution in [0, 0.1) is 13.8 Å². The van der Waals surface area contributed by atoms with Crippen LogP contribution in [0.15, 0.2) is 12.1 Å². The van der Waals surface area contributed by atoms with Gasteiger partial charge in [0.25, 0.3) is 5.91 Å². The lowest BCUT2D eigenvalue weighted by Gasteiger charge is -2.01. The van der Waals surface area contributed by atoms with Gasteiger partial charge in [0.1, 0.15) is 0 Å². The first-order valence-corrected chi connectivity index (χ1v) is 6.07. The third kappa shape index (κ3) is 3.09. The molecular formula is C14H23NO. The summed E-state index contributed by atoms with van der Waals surface area (Å²) in [5.41, 5.74) is 4.41. The number of hydrogen-bond acceptors (Lipinski definition) is 1. The van der Waals surface area contributed by atoms with Crippen molar-refractivity contribution in [3.63, 3.8) is 0 Å². The minimum absolute atomic E-state index is 0.0631. The second-order valence-corrected chi connectivity index (χ2v) is 3.28. The van der Waals surface area contributed by atoms with E-state index in [4.69, 9.17) is 0 Å². The van der Waals surface area contributed by atoms with E-state index in [9.17, 15) is 4.79 Å². The van der Waals surface area contributed by atoms with E-state index in [2.05, 4.69) is 18.3 Å². The van der Waals surface area contributed by atoms with Crippen LogP contribution in [-0.4, -0.2) is 5.91 Å². The number of hydrogen-bond donors (Lipinski definition) is 1. The molecule has 0 fully saturated rings. The summed E-state index contributed by atoms with van der Waals surface area (Å²) in [6.45, 7) is 12.8. The highest BCUT2D eigenvalue weighted by Gasteiger charge is 2.18. The van der Waals surface area contributed by atoms with Crippen molar-refractivity contribution in [2.45, 2.75) is 48.1 Å². The molecule has 0 aromatic heterocycles. The van der Waals surface area contributed by atoms with E-state index >= 15 is 0 Å². The topological polar surface area (TPSA) is 29.1 Å². The SMILES string of the molecule is CC.CC.Cc1cc2c(cc1C)C(=O)NC2. The minimum atomic E-state index is 0.0631. The van der Waals surface area contributed by atoms with Crippen molar-refractivity contribution >= 4 is 5.91 Å². The normalized spacial score (nSPS) is 11.5. The molecule has 90 valence electrons. The first-order valence-electron chi connectivity index (χ1n) is 6.07. The van der Waals surface area contributed by atoms with Gasteiger partial charge in [0.15, 0.2) is 0 Å². The molecular weight excluding hydrogens is 198 g/mol. The van der Waals surface area contributed by atoms with Crippen molar-refractivity contribution in [1.29, 1.82) is 0 Å². The summed E-state index contributed by atoms with van der Waals surface area (Å²) >= 11 is 0. The number of benzene rings is 1. The van der Waals surface area contributed by atoms with Gasteiger partial charge in [-0.3, -0.25) is 4.79 Å². The number of carbonyl (C=O) groups is 1. The summed E-state index contributed by atoms with van der Waals surface area (Å²) in [6.07, 6.45) is 0. The molecule has 1 aromatic rings. The van der Waals surface area contributed by atoms with Crippen molar-refractivity contribution in [3.05, 3.63) is 34.4 Å². The fourth-order valence-electron chi connectivity index (χ4n) is 1.50. The maximum atomic E-state index is 11.2. The van der Waals surface area contributed by atoms with E-state index in [0.29, 0.717) is 6.54 Å². The lowest BCUT2D eigenvalue weighted by Crippen LogP contribution is -2.12. The van der Waals surface area contributed by atoms with Gasteiger partial charge in [-0.15, -0.1) is 0 Å². The van der Waals surface area contributed by atoms with Crippen LogP contribution in [0.2, 0.25) is 0 Å². The largest absolute Gasteiger partial charge is 0.348 e. The van der Waals surface area contributed by atoms with Crippen molar-refractivity contribution in [1.82, 2.24) is 5.32 Å². The Bertz CT molecular complexity index is 356. The summed E-state index contributed by atoms with van der Waals surface area (Å²) in [6, 6.07) is 4.05. The summed E-state index contributed by atoms with van der Waals surface area (Å²) in [4.78, 5) is 11.2. The molecule has 1 aliphatic heterocycles. The van der Waals surface area contributed by atoms with Gasteiger partial charge < -0.3 is 5.32 Å². The molecule has 1 heterocycles. The molecule has 0 unspecified atom stereocenters. The standard InChI is InChI=1S/C10H11NO.2C2H6/c1-6-3-8-5-11-10(12)9(8)4-7(6)2;2*1-2/h3-4H,5H2,1-2H3,(H,11,12);2*1-2H3. The number of fused-ring (bicyclic) bond motifs is 1. The van der Waals surface area contributed by atoms with Gasteiger partial charge in [0.2, 0.25) is 0 Å². The maximum Gasteiger partial charge on any atom is 0.251 e. The van der Waals surface area contributed by atoms with E-state index in [0.717, 1.165) is 11.1 Å². The zero-order chi connectivity index (χ0) is 12.7. The van der Waals surface area contributed by atoms with Crippen molar-refractivity contribution in [2.75, 3.05) is 0 Å². The Kier molecular flexibility index (Phi) is 6.47. The zero-order valence-corrected chi connectivity index (χ0v) is 11.3. The summed E-state index contributed by atoms with van der Waals surface area (Å²) in [5, 5.41) is 2.80. The second kappa shape index (κ2) is 7.04. The Balaban J connectivity index is 0.000000509. The van der Waals surface area contributed by atoms with E-state index in [-0.39, 0.29) is 5.91 Å². The fraction of sp³-hybridized carbons (Fsp3) is 0.500. The molecule has 0 bridgehead atoms. The molecule has 0 saturated carbocycles. The fourth-order valence-corrected chi connectivity index (χ4v) is 1.50. The molecule has 1 amide bonds. The molecule has 2 nitrogen and oxygen atoms in total. The molecule has 1 aliphatic rings. The highest BCUT2D eigenvalue weighted by atomic mass is 16.1. The molecule has 1 aromatic carbocycles. The molecule has 2 heteroatoms. The number of amides is 1. The van der Waals surface area contributed by atoms with E-state index in [1.165, 1.54) is 11.1 Å². The van der Waals surface area contributed by atoms with Crippen LogP contribution in [0.25, 0.3) is 0 Å². The van der Waals surface area contributed by atoms with Crippen molar-refractivity contribution < 1.29 is 4.79 Å². The lowest BCUT2D eigenvalue weighted by molar-refractivity contribution is 0.0965. The van der Waals surface area contributed by atoms with Crippen molar-refractivity contribution in [2.24, 2.45) is 0 Å². The summed E-state index contributed by atoms with van der Waals surface area (Å²) in [7, 11) is 0. The smallest absolute Gasteiger partial charge is 0.251 e. The predicted molar refractivity (Wildman–Crippen MR) is 69.8 cm³/mol. The Morgan fingerprint density at radius 2 is 1.50 bits per heavy atom. The first-order chi connectivity index (χ1) is 7.68. The van der Waals surface area contributed by atoms with Crippen LogP contribution in [0.1, 0.15) is 54.7 Å². The number of nitrogens with one attached hydrogen (secondary N) is 1. The lowest BCUT2D eigenvalue weighted by atomic mass is 10.0. The van der Waals surface area contributed by atoms with Crippen LogP contribution in [0.3, 0.4) is 0 Å². The number of rotatable bonds is 0. The third-order valence-corrected chi connectivity index (χ3v) is 2.40. The van der Waals surface area contributed by atoms with Crippen LogP contribution < -0.4 is 5.32 Å². The third-order valence-electron chi connectivity index (χ3n) is 2.40. The quantitative estimate of drug-likeness (QED) is 0.712. The van der Waals surface area contributed by atoms with E-state index in [1.54, 1.807) is 0 Å². The van der Waals surface area contributed by atoms with Crippen molar-refractivity contribution in [3.8, 4) is 0 Å². The Hall–Kier alpha value is -1.31. The average molecular weight is 221 g/mol. The van der Waals surface area contributed by atoms with Crippen LogP contribution in [0.4, 0.5) is 0 Å². The predicted octanol–water partition coefficient (Wildman–Crippen LogP) is 3.60. The molecule has 0 atom stereocenters. The summed E-state index contributed by atoms with van der Waals surface area (Å²) in [5.74, 6) is 0.0631. The zero-order valence-electron chi connectivity index (χ0n) is 11.3. The minimum Gasteiger partial charge on any atom is -0.348 e. The van der Waals surface area contributed by atoms with Crippen LogP contribution in [0.5, 0.6) is 0 Å². The average Bonchev–Trinajstić information content (AvgIpc) is 2.67. The van der Waals surface area contributed by atoms with Gasteiger partial charge in [-0.25, -0.2) is 0 Å². The van der Waals surface area contributed by atoms with Gasteiger partial charge in [0, 0.05) is 12.1 Å². The highest BCUT2D eigenvalue weighted by molar-refractivity contribution is 5.98. The molecule has 0 saturated heterocycles. The molecule has 16 heavy (non-hydrogen) atoms. The molecule has 0 aliphatic carbocycles. The van der Waals surface area contributed by atoms with Gasteiger partial charge in [-0.2, -0.15) is 0 Å². The van der Waals surface area contributed by atoms with Gasteiger partial charge in [-0.1, -0.05) is 33.8 Å². The van der Waals surface area contributed by atoms with E-state index in [1.807, 2.05) is 40.7 Å². The first kappa shape index (κ1) is 14.7. The molecule has 1 N–H and O–H groups in total. The molecule has 2 rings (SSSR count).